The Morgan fingerprint density at radius 1 is 1.15 bits per heavy atom. The lowest BCUT2D eigenvalue weighted by Gasteiger charge is -2.55. The largest absolute Gasteiger partial charge is 0.416 e. The number of anilines is 1. The lowest BCUT2D eigenvalue weighted by atomic mass is 9.74. The predicted molar refractivity (Wildman–Crippen MR) is 134 cm³/mol. The SMILES string of the molecule is Cn1cnnc1[C@H](F)C1(c2cccc(N3Cc4c(cc(CN5CC6(CCO6)C5)cc4C(F)(F)F)C3=O)c2)COC1. The van der Waals surface area contributed by atoms with Crippen molar-refractivity contribution in [1.82, 2.24) is 19.7 Å². The van der Waals surface area contributed by atoms with Gasteiger partial charge in [0.1, 0.15) is 6.33 Å². The van der Waals surface area contributed by atoms with E-state index in [9.17, 15) is 18.0 Å². The lowest BCUT2D eigenvalue weighted by Crippen LogP contribution is -2.67. The van der Waals surface area contributed by atoms with E-state index in [-0.39, 0.29) is 42.3 Å². The van der Waals surface area contributed by atoms with Gasteiger partial charge >= 0.3 is 6.18 Å². The monoisotopic (exact) mass is 557 g/mol. The molecule has 12 heteroatoms. The number of carbonyl (C=O) groups excluding carboxylic acids is 1. The maximum atomic E-state index is 15.8. The Morgan fingerprint density at radius 2 is 1.93 bits per heavy atom. The van der Waals surface area contributed by atoms with Crippen molar-refractivity contribution in [2.75, 3.05) is 37.8 Å². The minimum Gasteiger partial charge on any atom is -0.379 e. The molecule has 5 heterocycles. The molecule has 0 unspecified atom stereocenters. The van der Waals surface area contributed by atoms with Crippen LogP contribution in [-0.2, 0) is 41.2 Å². The molecule has 3 fully saturated rings. The highest BCUT2D eigenvalue weighted by Crippen LogP contribution is 2.47. The molecule has 1 aromatic heterocycles. The lowest BCUT2D eigenvalue weighted by molar-refractivity contribution is -0.223. The topological polar surface area (TPSA) is 72.7 Å². The molecule has 3 saturated heterocycles. The van der Waals surface area contributed by atoms with Gasteiger partial charge in [-0.2, -0.15) is 13.2 Å². The van der Waals surface area contributed by atoms with Gasteiger partial charge in [-0.1, -0.05) is 12.1 Å². The van der Waals surface area contributed by atoms with Gasteiger partial charge in [0.15, 0.2) is 12.0 Å². The second-order valence-corrected chi connectivity index (χ2v) is 11.3. The number of ether oxygens (including phenoxy) is 2. The normalized spacial score (nSPS) is 22.0. The summed E-state index contributed by atoms with van der Waals surface area (Å²) in [5.74, 6) is -0.358. The van der Waals surface area contributed by atoms with Crippen molar-refractivity contribution in [2.45, 2.75) is 42.9 Å². The summed E-state index contributed by atoms with van der Waals surface area (Å²) in [5.41, 5.74) is -0.553. The van der Waals surface area contributed by atoms with Crippen molar-refractivity contribution in [2.24, 2.45) is 7.05 Å². The number of hydrogen-bond acceptors (Lipinski definition) is 6. The zero-order chi connectivity index (χ0) is 27.9. The Hall–Kier alpha value is -3.35. The summed E-state index contributed by atoms with van der Waals surface area (Å²) in [6, 6.07) is 9.49. The molecule has 0 aliphatic carbocycles. The van der Waals surface area contributed by atoms with E-state index in [2.05, 4.69) is 10.2 Å². The van der Waals surface area contributed by atoms with Crippen LogP contribution in [0, 0.1) is 0 Å². The van der Waals surface area contributed by atoms with E-state index in [1.54, 1.807) is 37.4 Å². The van der Waals surface area contributed by atoms with Gasteiger partial charge in [-0.25, -0.2) is 4.39 Å². The number of aromatic nitrogens is 3. The summed E-state index contributed by atoms with van der Waals surface area (Å²) in [6.07, 6.45) is -3.76. The summed E-state index contributed by atoms with van der Waals surface area (Å²) >= 11 is 0. The standard InChI is InChI=1S/C28H27F4N5O3/c1-35-16-33-34-24(35)23(29)27(14-39-15-27)18-3-2-4-19(9-18)37-11-21-20(25(37)38)7-17(8-22(21)28(30,31)32)10-36-12-26(13-36)5-6-40-26/h2-4,7-9,16,23H,5-6,10-15H2,1H3/t23-/m0/s1. The Bertz CT molecular complexity index is 1490. The molecule has 2 aromatic carbocycles. The maximum Gasteiger partial charge on any atom is 0.416 e. The van der Waals surface area contributed by atoms with Gasteiger partial charge in [-0.05, 0) is 41.0 Å². The summed E-state index contributed by atoms with van der Waals surface area (Å²) < 4.78 is 71.0. The molecule has 0 saturated carbocycles. The van der Waals surface area contributed by atoms with Crippen LogP contribution >= 0.6 is 0 Å². The number of amides is 1. The summed E-state index contributed by atoms with van der Waals surface area (Å²) in [4.78, 5) is 16.9. The Balaban J connectivity index is 1.19. The number of fused-ring (bicyclic) bond motifs is 1. The zero-order valence-electron chi connectivity index (χ0n) is 21.7. The maximum absolute atomic E-state index is 15.8. The first-order valence-electron chi connectivity index (χ1n) is 13.2. The third-order valence-electron chi connectivity index (χ3n) is 8.71. The van der Waals surface area contributed by atoms with Crippen molar-refractivity contribution in [3.05, 3.63) is 76.4 Å². The van der Waals surface area contributed by atoms with E-state index in [0.29, 0.717) is 36.4 Å². The third kappa shape index (κ3) is 3.87. The van der Waals surface area contributed by atoms with Gasteiger partial charge in [-0.3, -0.25) is 9.69 Å². The van der Waals surface area contributed by atoms with Gasteiger partial charge in [-0.15, -0.1) is 10.2 Å². The van der Waals surface area contributed by atoms with E-state index in [1.165, 1.54) is 15.8 Å². The van der Waals surface area contributed by atoms with E-state index in [4.69, 9.17) is 9.47 Å². The molecule has 7 rings (SSSR count). The number of alkyl halides is 4. The Labute approximate surface area is 227 Å². The fraction of sp³-hybridized carbons (Fsp3) is 0.464. The molecular weight excluding hydrogens is 530 g/mol. The molecule has 3 aromatic rings. The second-order valence-electron chi connectivity index (χ2n) is 11.3. The molecule has 1 spiro atoms. The van der Waals surface area contributed by atoms with Crippen LogP contribution < -0.4 is 4.90 Å². The van der Waals surface area contributed by atoms with Crippen LogP contribution in [-0.4, -0.2) is 64.1 Å². The zero-order valence-corrected chi connectivity index (χ0v) is 21.7. The van der Waals surface area contributed by atoms with Crippen LogP contribution in [0.15, 0.2) is 42.7 Å². The molecule has 1 amide bonds. The first kappa shape index (κ1) is 25.6. The van der Waals surface area contributed by atoms with Crippen LogP contribution in [0.3, 0.4) is 0 Å². The third-order valence-corrected chi connectivity index (χ3v) is 8.71. The van der Waals surface area contributed by atoms with Gasteiger partial charge in [0, 0.05) is 44.4 Å². The Kier molecular flexibility index (Phi) is 5.65. The molecule has 1 atom stereocenters. The number of carbonyl (C=O) groups is 1. The molecule has 4 aliphatic rings. The Morgan fingerprint density at radius 3 is 2.52 bits per heavy atom. The summed E-state index contributed by atoms with van der Waals surface area (Å²) in [6.45, 7) is 2.36. The predicted octanol–water partition coefficient (Wildman–Crippen LogP) is 3.95. The number of aryl methyl sites for hydroxylation is 1. The minimum absolute atomic E-state index is 0.0433. The van der Waals surface area contributed by atoms with E-state index >= 15 is 4.39 Å². The highest BCUT2D eigenvalue weighted by atomic mass is 19.4. The fourth-order valence-corrected chi connectivity index (χ4v) is 6.33. The van der Waals surface area contributed by atoms with Crippen molar-refractivity contribution >= 4 is 11.6 Å². The van der Waals surface area contributed by atoms with E-state index in [0.717, 1.165) is 19.1 Å². The smallest absolute Gasteiger partial charge is 0.379 e. The van der Waals surface area contributed by atoms with Crippen LogP contribution in [0.2, 0.25) is 0 Å². The summed E-state index contributed by atoms with van der Waals surface area (Å²) in [7, 11) is 1.65. The number of rotatable bonds is 6. The molecule has 4 aliphatic heterocycles. The molecule has 40 heavy (non-hydrogen) atoms. The average molecular weight is 558 g/mol. The molecule has 0 radical (unpaired) electrons. The first-order valence-corrected chi connectivity index (χ1v) is 13.2. The second kappa shape index (κ2) is 8.82. The quantitative estimate of drug-likeness (QED) is 0.428. The highest BCUT2D eigenvalue weighted by Gasteiger charge is 2.51. The van der Waals surface area contributed by atoms with Gasteiger partial charge < -0.3 is 18.9 Å². The van der Waals surface area contributed by atoms with Crippen LogP contribution in [0.1, 0.15) is 51.0 Å². The number of halogens is 4. The van der Waals surface area contributed by atoms with Crippen molar-refractivity contribution in [3.8, 4) is 0 Å². The van der Waals surface area contributed by atoms with Crippen molar-refractivity contribution in [3.63, 3.8) is 0 Å². The molecular formula is C28H27F4N5O3. The first-order chi connectivity index (χ1) is 19.1. The van der Waals surface area contributed by atoms with Crippen molar-refractivity contribution in [1.29, 1.82) is 0 Å². The van der Waals surface area contributed by atoms with Crippen LogP contribution in [0.25, 0.3) is 0 Å². The number of likely N-dealkylation sites (tertiary alicyclic amines) is 1. The molecule has 210 valence electrons. The van der Waals surface area contributed by atoms with Gasteiger partial charge in [0.2, 0.25) is 0 Å². The molecule has 8 nitrogen and oxygen atoms in total. The van der Waals surface area contributed by atoms with Gasteiger partial charge in [0.05, 0.1) is 42.9 Å². The van der Waals surface area contributed by atoms with E-state index in [1.807, 2.05) is 4.90 Å². The minimum atomic E-state index is -4.61. The number of benzene rings is 2. The van der Waals surface area contributed by atoms with Crippen molar-refractivity contribution < 1.29 is 31.8 Å². The molecule has 0 bridgehead atoms. The fourth-order valence-electron chi connectivity index (χ4n) is 6.33. The summed E-state index contributed by atoms with van der Waals surface area (Å²) in [5, 5.41) is 7.69. The van der Waals surface area contributed by atoms with Crippen LogP contribution in [0.5, 0.6) is 0 Å². The number of hydrogen-bond donors (Lipinski definition) is 0. The average Bonchev–Trinajstić information content (AvgIpc) is 3.41. The molecule has 0 N–H and O–H groups in total. The van der Waals surface area contributed by atoms with Gasteiger partial charge in [0.25, 0.3) is 5.91 Å². The number of nitrogens with zero attached hydrogens (tertiary/aromatic N) is 5. The van der Waals surface area contributed by atoms with Crippen LogP contribution in [0.4, 0.5) is 23.2 Å². The van der Waals surface area contributed by atoms with E-state index < -0.39 is 29.2 Å². The highest BCUT2D eigenvalue weighted by molar-refractivity contribution is 6.10.